The van der Waals surface area contributed by atoms with Crippen LogP contribution >= 0.6 is 0 Å². The third-order valence-electron chi connectivity index (χ3n) is 4.63. The summed E-state index contributed by atoms with van der Waals surface area (Å²) in [7, 11) is 0. The molecule has 1 saturated heterocycles. The fraction of sp³-hybridized carbons (Fsp3) is 0.619. The van der Waals surface area contributed by atoms with Gasteiger partial charge >= 0.3 is 6.09 Å². The van der Waals surface area contributed by atoms with Gasteiger partial charge in [-0.1, -0.05) is 30.3 Å². The van der Waals surface area contributed by atoms with E-state index in [1.165, 1.54) is 5.56 Å². The molecule has 144 valence electrons. The van der Waals surface area contributed by atoms with E-state index in [0.29, 0.717) is 12.5 Å². The van der Waals surface area contributed by atoms with Gasteiger partial charge in [0.05, 0.1) is 0 Å². The maximum absolute atomic E-state index is 13.0. The normalized spacial score (nSPS) is 18.8. The number of nitrogens with zero attached hydrogens (tertiary/aromatic N) is 1. The standard InChI is InChI=1S/C21H32N2O3/c1-20(2,3)26-19(25)22-21(4,5)18(24)23-14-9-12-17(13-15-23)16-10-7-6-8-11-16/h6-8,10-11,17H,9,12-15H2,1-5H3,(H,22,25). The van der Waals surface area contributed by atoms with Crippen molar-refractivity contribution in [3.8, 4) is 0 Å². The molecule has 5 nitrogen and oxygen atoms in total. The summed E-state index contributed by atoms with van der Waals surface area (Å²) < 4.78 is 5.29. The molecular weight excluding hydrogens is 328 g/mol. The minimum absolute atomic E-state index is 0.0583. The van der Waals surface area contributed by atoms with Crippen LogP contribution in [0.25, 0.3) is 0 Å². The van der Waals surface area contributed by atoms with E-state index in [4.69, 9.17) is 4.74 Å². The second-order valence-electron chi connectivity index (χ2n) is 8.58. The summed E-state index contributed by atoms with van der Waals surface area (Å²) in [6, 6.07) is 10.5. The number of ether oxygens (including phenoxy) is 1. The molecule has 2 amide bonds. The Bertz CT molecular complexity index is 620. The Kier molecular flexibility index (Phi) is 6.32. The first kappa shape index (κ1) is 20.3. The van der Waals surface area contributed by atoms with E-state index in [-0.39, 0.29) is 5.91 Å². The summed E-state index contributed by atoms with van der Waals surface area (Å²) >= 11 is 0. The molecule has 0 aromatic heterocycles. The van der Waals surface area contributed by atoms with Crippen LogP contribution < -0.4 is 5.32 Å². The molecule has 0 radical (unpaired) electrons. The van der Waals surface area contributed by atoms with Crippen LogP contribution in [0.15, 0.2) is 30.3 Å². The smallest absolute Gasteiger partial charge is 0.408 e. The van der Waals surface area contributed by atoms with Crippen molar-refractivity contribution < 1.29 is 14.3 Å². The zero-order valence-corrected chi connectivity index (χ0v) is 16.7. The Morgan fingerprint density at radius 3 is 2.31 bits per heavy atom. The molecule has 0 spiro atoms. The van der Waals surface area contributed by atoms with E-state index in [0.717, 1.165) is 25.8 Å². The molecule has 0 saturated carbocycles. The van der Waals surface area contributed by atoms with Crippen LogP contribution in [0.4, 0.5) is 4.79 Å². The maximum atomic E-state index is 13.0. The van der Waals surface area contributed by atoms with Crippen LogP contribution in [0.1, 0.15) is 65.4 Å². The minimum Gasteiger partial charge on any atom is -0.444 e. The molecule has 1 aliphatic rings. The Labute approximate surface area is 157 Å². The van der Waals surface area contributed by atoms with Crippen LogP contribution in [0, 0.1) is 0 Å². The Morgan fingerprint density at radius 1 is 1.04 bits per heavy atom. The van der Waals surface area contributed by atoms with E-state index in [2.05, 4.69) is 29.6 Å². The van der Waals surface area contributed by atoms with E-state index in [1.807, 2.05) is 11.0 Å². The van der Waals surface area contributed by atoms with Gasteiger partial charge in [-0.25, -0.2) is 4.79 Å². The van der Waals surface area contributed by atoms with Crippen molar-refractivity contribution in [1.29, 1.82) is 0 Å². The molecule has 26 heavy (non-hydrogen) atoms. The van der Waals surface area contributed by atoms with Gasteiger partial charge in [0.25, 0.3) is 0 Å². The molecule has 5 heteroatoms. The number of alkyl carbamates (subject to hydrolysis) is 1. The molecule has 1 aliphatic heterocycles. The highest BCUT2D eigenvalue weighted by Crippen LogP contribution is 2.28. The minimum atomic E-state index is -0.991. The van der Waals surface area contributed by atoms with Crippen LogP contribution in [-0.2, 0) is 9.53 Å². The highest BCUT2D eigenvalue weighted by molar-refractivity contribution is 5.89. The van der Waals surface area contributed by atoms with Gasteiger partial charge < -0.3 is 15.0 Å². The summed E-state index contributed by atoms with van der Waals surface area (Å²) in [5.41, 5.74) is -0.239. The summed E-state index contributed by atoms with van der Waals surface area (Å²) in [5.74, 6) is 0.424. The molecule has 1 aromatic rings. The van der Waals surface area contributed by atoms with Crippen molar-refractivity contribution in [2.45, 2.75) is 70.9 Å². The lowest BCUT2D eigenvalue weighted by atomic mass is 9.92. The first-order chi connectivity index (χ1) is 12.1. The van der Waals surface area contributed by atoms with Crippen LogP contribution in [-0.4, -0.2) is 41.1 Å². The SMILES string of the molecule is CC(C)(C)OC(=O)NC(C)(C)C(=O)N1CCCC(c2ccccc2)CC1. The monoisotopic (exact) mass is 360 g/mol. The average molecular weight is 360 g/mol. The van der Waals surface area contributed by atoms with Gasteiger partial charge in [-0.15, -0.1) is 0 Å². The van der Waals surface area contributed by atoms with Gasteiger partial charge in [-0.2, -0.15) is 0 Å². The van der Waals surface area contributed by atoms with Crippen molar-refractivity contribution >= 4 is 12.0 Å². The van der Waals surface area contributed by atoms with Crippen molar-refractivity contribution in [3.05, 3.63) is 35.9 Å². The first-order valence-corrected chi connectivity index (χ1v) is 9.44. The molecule has 1 unspecified atom stereocenters. The number of carbonyl (C=O) groups is 2. The van der Waals surface area contributed by atoms with Gasteiger partial charge in [0.15, 0.2) is 0 Å². The molecule has 2 rings (SSSR count). The Hall–Kier alpha value is -2.04. The quantitative estimate of drug-likeness (QED) is 0.883. The number of carbonyl (C=O) groups excluding carboxylic acids is 2. The predicted octanol–water partition coefficient (Wildman–Crippen LogP) is 4.09. The predicted molar refractivity (Wildman–Crippen MR) is 103 cm³/mol. The first-order valence-electron chi connectivity index (χ1n) is 9.44. The maximum Gasteiger partial charge on any atom is 0.408 e. The molecular formula is C21H32N2O3. The van der Waals surface area contributed by atoms with Crippen LogP contribution in [0.2, 0.25) is 0 Å². The molecule has 1 N–H and O–H groups in total. The third kappa shape index (κ3) is 5.75. The van der Waals surface area contributed by atoms with E-state index < -0.39 is 17.2 Å². The van der Waals surface area contributed by atoms with Crippen molar-refractivity contribution in [2.75, 3.05) is 13.1 Å². The third-order valence-corrected chi connectivity index (χ3v) is 4.63. The lowest BCUT2D eigenvalue weighted by molar-refractivity contribution is -0.137. The van der Waals surface area contributed by atoms with Crippen molar-refractivity contribution in [1.82, 2.24) is 10.2 Å². The van der Waals surface area contributed by atoms with Gasteiger partial charge in [0, 0.05) is 13.1 Å². The van der Waals surface area contributed by atoms with E-state index >= 15 is 0 Å². The Balaban J connectivity index is 1.97. The largest absolute Gasteiger partial charge is 0.444 e. The van der Waals surface area contributed by atoms with Crippen LogP contribution in [0.5, 0.6) is 0 Å². The zero-order valence-electron chi connectivity index (χ0n) is 16.7. The molecule has 1 fully saturated rings. The summed E-state index contributed by atoms with van der Waals surface area (Å²) in [6.45, 7) is 10.3. The molecule has 0 bridgehead atoms. The fourth-order valence-corrected chi connectivity index (χ4v) is 3.37. The summed E-state index contributed by atoms with van der Waals surface area (Å²) in [5, 5.41) is 2.72. The molecule has 0 aliphatic carbocycles. The topological polar surface area (TPSA) is 58.6 Å². The highest BCUT2D eigenvalue weighted by Gasteiger charge is 2.35. The van der Waals surface area contributed by atoms with Gasteiger partial charge in [0.1, 0.15) is 11.1 Å². The van der Waals surface area contributed by atoms with Crippen LogP contribution in [0.3, 0.4) is 0 Å². The summed E-state index contributed by atoms with van der Waals surface area (Å²) in [6.07, 6.45) is 2.42. The lowest BCUT2D eigenvalue weighted by Gasteiger charge is -2.32. The van der Waals surface area contributed by atoms with Crippen molar-refractivity contribution in [3.63, 3.8) is 0 Å². The van der Waals surface area contributed by atoms with E-state index in [1.54, 1.807) is 34.6 Å². The lowest BCUT2D eigenvalue weighted by Crippen LogP contribution is -2.56. The van der Waals surface area contributed by atoms with E-state index in [9.17, 15) is 9.59 Å². The number of hydrogen-bond acceptors (Lipinski definition) is 3. The highest BCUT2D eigenvalue weighted by atomic mass is 16.6. The number of amides is 2. The molecule has 1 aromatic carbocycles. The number of nitrogens with one attached hydrogen (secondary N) is 1. The fourth-order valence-electron chi connectivity index (χ4n) is 3.37. The van der Waals surface area contributed by atoms with Gasteiger partial charge in [-0.05, 0) is 65.4 Å². The number of benzene rings is 1. The van der Waals surface area contributed by atoms with Crippen molar-refractivity contribution in [2.24, 2.45) is 0 Å². The summed E-state index contributed by atoms with van der Waals surface area (Å²) in [4.78, 5) is 26.9. The number of likely N-dealkylation sites (tertiary alicyclic amines) is 1. The molecule has 1 atom stereocenters. The number of hydrogen-bond donors (Lipinski definition) is 1. The Morgan fingerprint density at radius 2 is 1.69 bits per heavy atom. The second kappa shape index (κ2) is 8.11. The van der Waals surface area contributed by atoms with Gasteiger partial charge in [-0.3, -0.25) is 4.79 Å². The van der Waals surface area contributed by atoms with Gasteiger partial charge in [0.2, 0.25) is 5.91 Å². The average Bonchev–Trinajstić information content (AvgIpc) is 2.78. The number of rotatable bonds is 3. The zero-order chi connectivity index (χ0) is 19.4. The molecule has 1 heterocycles. The second-order valence-corrected chi connectivity index (χ2v) is 8.58.